The van der Waals surface area contributed by atoms with Crippen LogP contribution < -0.4 is 5.73 Å². The zero-order valence-corrected chi connectivity index (χ0v) is 16.3. The van der Waals surface area contributed by atoms with Crippen LogP contribution in [-0.4, -0.2) is 30.0 Å². The van der Waals surface area contributed by atoms with Crippen LogP contribution in [0.5, 0.6) is 0 Å². The van der Waals surface area contributed by atoms with Crippen molar-refractivity contribution in [2.45, 2.75) is 103 Å². The molecule has 2 N–H and O–H groups in total. The fraction of sp³-hybridized carbons (Fsp3) is 0.857. The highest BCUT2D eigenvalue weighted by atomic mass is 15.3. The molecule has 0 aliphatic carbocycles. The first-order chi connectivity index (χ1) is 11.8. The van der Waals surface area contributed by atoms with Gasteiger partial charge in [-0.15, -0.1) is 0 Å². The zero-order valence-electron chi connectivity index (χ0n) is 16.3. The van der Waals surface area contributed by atoms with Gasteiger partial charge in [0.05, 0.1) is 12.7 Å². The fourth-order valence-electron chi connectivity index (χ4n) is 3.35. The first-order valence-corrected chi connectivity index (χ1v) is 10.5. The van der Waals surface area contributed by atoms with Gasteiger partial charge in [0.2, 0.25) is 0 Å². The molecule has 3 heteroatoms. The molecule has 1 aliphatic heterocycles. The quantitative estimate of drug-likeness (QED) is 0.310. The van der Waals surface area contributed by atoms with Crippen LogP contribution in [-0.2, 0) is 0 Å². The van der Waals surface area contributed by atoms with Crippen molar-refractivity contribution >= 4 is 5.84 Å². The summed E-state index contributed by atoms with van der Waals surface area (Å²) in [5, 5.41) is 0. The standard InChI is InChI=1S/C21H41N3/c1-3-4-5-6-7-8-9-10-11-12-13-14-15-16-17-21-23-18-19-24(21)20(2)22/h8-9,20H,3-7,10-19,22H2,1-2H3/b9-8+. The van der Waals surface area contributed by atoms with E-state index in [1.54, 1.807) is 0 Å². The van der Waals surface area contributed by atoms with Crippen molar-refractivity contribution in [3.05, 3.63) is 12.2 Å². The minimum Gasteiger partial charge on any atom is -0.343 e. The summed E-state index contributed by atoms with van der Waals surface area (Å²) in [7, 11) is 0. The van der Waals surface area contributed by atoms with Crippen LogP contribution in [0.4, 0.5) is 0 Å². The summed E-state index contributed by atoms with van der Waals surface area (Å²) in [6.45, 7) is 6.27. The molecule has 0 saturated heterocycles. The molecule has 0 amide bonds. The van der Waals surface area contributed by atoms with Gasteiger partial charge in [0.1, 0.15) is 5.84 Å². The lowest BCUT2D eigenvalue weighted by Crippen LogP contribution is -2.41. The van der Waals surface area contributed by atoms with E-state index < -0.39 is 0 Å². The van der Waals surface area contributed by atoms with E-state index in [9.17, 15) is 0 Å². The normalized spacial score (nSPS) is 16.1. The van der Waals surface area contributed by atoms with Gasteiger partial charge < -0.3 is 10.6 Å². The second-order valence-corrected chi connectivity index (χ2v) is 7.21. The molecule has 0 radical (unpaired) electrons. The molecule has 24 heavy (non-hydrogen) atoms. The Labute approximate surface area is 150 Å². The smallest absolute Gasteiger partial charge is 0.100 e. The van der Waals surface area contributed by atoms with Gasteiger partial charge in [-0.05, 0) is 39.0 Å². The lowest BCUT2D eigenvalue weighted by molar-refractivity contribution is 0.358. The van der Waals surface area contributed by atoms with Gasteiger partial charge in [-0.3, -0.25) is 4.99 Å². The number of aliphatic imine (C=N–C) groups is 1. The molecule has 0 aromatic carbocycles. The molecule has 1 unspecified atom stereocenters. The Balaban J connectivity index is 1.85. The van der Waals surface area contributed by atoms with Gasteiger partial charge in [-0.2, -0.15) is 0 Å². The molecule has 0 aromatic heterocycles. The number of allylic oxidation sites excluding steroid dienone is 2. The van der Waals surface area contributed by atoms with Gasteiger partial charge in [-0.25, -0.2) is 0 Å². The van der Waals surface area contributed by atoms with Crippen LogP contribution in [0.15, 0.2) is 17.1 Å². The van der Waals surface area contributed by atoms with Gasteiger partial charge >= 0.3 is 0 Å². The topological polar surface area (TPSA) is 41.6 Å². The number of hydrogen-bond donors (Lipinski definition) is 1. The molecular weight excluding hydrogens is 294 g/mol. The van der Waals surface area contributed by atoms with E-state index in [-0.39, 0.29) is 6.17 Å². The third-order valence-corrected chi connectivity index (χ3v) is 4.87. The van der Waals surface area contributed by atoms with Gasteiger partial charge in [-0.1, -0.05) is 64.0 Å². The molecule has 1 atom stereocenters. The van der Waals surface area contributed by atoms with Crippen LogP contribution >= 0.6 is 0 Å². The van der Waals surface area contributed by atoms with Crippen molar-refractivity contribution in [2.24, 2.45) is 10.7 Å². The van der Waals surface area contributed by atoms with E-state index in [0.29, 0.717) is 0 Å². The summed E-state index contributed by atoms with van der Waals surface area (Å²) < 4.78 is 0. The summed E-state index contributed by atoms with van der Waals surface area (Å²) in [6.07, 6.45) is 22.2. The summed E-state index contributed by atoms with van der Waals surface area (Å²) in [4.78, 5) is 6.85. The maximum atomic E-state index is 5.98. The second-order valence-electron chi connectivity index (χ2n) is 7.21. The first kappa shape index (κ1) is 21.2. The fourth-order valence-corrected chi connectivity index (χ4v) is 3.35. The predicted molar refractivity (Wildman–Crippen MR) is 107 cm³/mol. The number of rotatable bonds is 15. The van der Waals surface area contributed by atoms with Gasteiger partial charge in [0.15, 0.2) is 0 Å². The predicted octanol–water partition coefficient (Wildman–Crippen LogP) is 5.65. The van der Waals surface area contributed by atoms with Crippen molar-refractivity contribution in [1.29, 1.82) is 0 Å². The van der Waals surface area contributed by atoms with Crippen molar-refractivity contribution in [2.75, 3.05) is 13.1 Å². The van der Waals surface area contributed by atoms with Crippen LogP contribution in [0.2, 0.25) is 0 Å². The monoisotopic (exact) mass is 335 g/mol. The molecule has 1 rings (SSSR count). The molecular formula is C21H41N3. The third kappa shape index (κ3) is 10.1. The Bertz CT molecular complexity index is 347. The van der Waals surface area contributed by atoms with E-state index in [1.807, 2.05) is 0 Å². The number of amidine groups is 1. The first-order valence-electron chi connectivity index (χ1n) is 10.5. The van der Waals surface area contributed by atoms with Crippen LogP contribution in [0.25, 0.3) is 0 Å². The third-order valence-electron chi connectivity index (χ3n) is 4.87. The SMILES string of the molecule is CCCCCC/C=C/CCCCCCCCC1=NCCN1C(C)N. The highest BCUT2D eigenvalue weighted by Crippen LogP contribution is 2.13. The number of nitrogens with zero attached hydrogens (tertiary/aromatic N) is 2. The molecule has 0 bridgehead atoms. The number of nitrogens with two attached hydrogens (primary N) is 1. The van der Waals surface area contributed by atoms with Gasteiger partial charge in [0.25, 0.3) is 0 Å². The molecule has 1 aliphatic rings. The Morgan fingerprint density at radius 3 is 2.17 bits per heavy atom. The molecule has 0 aromatic rings. The average Bonchev–Trinajstić information content (AvgIpc) is 3.04. The maximum Gasteiger partial charge on any atom is 0.100 e. The van der Waals surface area contributed by atoms with E-state index in [1.165, 1.54) is 82.9 Å². The lowest BCUT2D eigenvalue weighted by Gasteiger charge is -2.24. The summed E-state index contributed by atoms with van der Waals surface area (Å²) in [5.41, 5.74) is 5.98. The van der Waals surface area contributed by atoms with Crippen LogP contribution in [0.3, 0.4) is 0 Å². The zero-order chi connectivity index (χ0) is 17.5. The van der Waals surface area contributed by atoms with E-state index in [4.69, 9.17) is 5.73 Å². The molecule has 0 saturated carbocycles. The number of unbranched alkanes of at least 4 members (excludes halogenated alkanes) is 10. The average molecular weight is 336 g/mol. The second kappa shape index (κ2) is 14.5. The van der Waals surface area contributed by atoms with Crippen LogP contribution in [0, 0.1) is 0 Å². The Kier molecular flexibility index (Phi) is 12.8. The maximum absolute atomic E-state index is 5.98. The Morgan fingerprint density at radius 2 is 1.54 bits per heavy atom. The van der Waals surface area contributed by atoms with Crippen LogP contribution in [0.1, 0.15) is 97.3 Å². The Morgan fingerprint density at radius 1 is 0.958 bits per heavy atom. The summed E-state index contributed by atoms with van der Waals surface area (Å²) in [5.74, 6) is 1.24. The minimum absolute atomic E-state index is 0.117. The largest absolute Gasteiger partial charge is 0.343 e. The number of hydrogen-bond acceptors (Lipinski definition) is 3. The molecule has 3 nitrogen and oxygen atoms in total. The van der Waals surface area contributed by atoms with Crippen molar-refractivity contribution < 1.29 is 0 Å². The van der Waals surface area contributed by atoms with Crippen molar-refractivity contribution in [3.63, 3.8) is 0 Å². The van der Waals surface area contributed by atoms with Crippen molar-refractivity contribution in [3.8, 4) is 0 Å². The Hall–Kier alpha value is -0.830. The highest BCUT2D eigenvalue weighted by molar-refractivity contribution is 5.83. The molecule has 0 fully saturated rings. The van der Waals surface area contributed by atoms with E-state index in [0.717, 1.165) is 19.5 Å². The highest BCUT2D eigenvalue weighted by Gasteiger charge is 2.18. The lowest BCUT2D eigenvalue weighted by atomic mass is 10.1. The molecule has 0 spiro atoms. The molecule has 140 valence electrons. The minimum atomic E-state index is 0.117. The summed E-state index contributed by atoms with van der Waals surface area (Å²) >= 11 is 0. The van der Waals surface area contributed by atoms with E-state index in [2.05, 4.69) is 35.9 Å². The molecule has 1 heterocycles. The van der Waals surface area contributed by atoms with Crippen molar-refractivity contribution in [1.82, 2.24) is 4.90 Å². The summed E-state index contributed by atoms with van der Waals surface area (Å²) in [6, 6.07) is 0. The van der Waals surface area contributed by atoms with E-state index >= 15 is 0 Å². The van der Waals surface area contributed by atoms with Gasteiger partial charge in [0, 0.05) is 13.0 Å².